The van der Waals surface area contributed by atoms with Gasteiger partial charge >= 0.3 is 0 Å². The predicted molar refractivity (Wildman–Crippen MR) is 96.8 cm³/mol. The van der Waals surface area contributed by atoms with Crippen LogP contribution in [-0.4, -0.2) is 11.9 Å². The molecule has 0 atom stereocenters. The highest BCUT2D eigenvalue weighted by atomic mass is 32.2. The Morgan fingerprint density at radius 3 is 2.71 bits per heavy atom. The first-order valence-corrected chi connectivity index (χ1v) is 8.90. The summed E-state index contributed by atoms with van der Waals surface area (Å²) in [4.78, 5) is 13.4. The smallest absolute Gasteiger partial charge is 0.255 e. The fraction of sp³-hybridized carbons (Fsp3) is 0.263. The van der Waals surface area contributed by atoms with E-state index in [-0.39, 0.29) is 5.91 Å². The van der Waals surface area contributed by atoms with Crippen molar-refractivity contribution < 1.29 is 4.79 Å². The van der Waals surface area contributed by atoms with Crippen LogP contribution in [0.2, 0.25) is 0 Å². The molecule has 3 rings (SSSR count). The third-order valence-electron chi connectivity index (χ3n) is 4.04. The molecule has 0 bridgehead atoms. The van der Waals surface area contributed by atoms with E-state index >= 15 is 0 Å². The minimum absolute atomic E-state index is 0.173. The van der Waals surface area contributed by atoms with Gasteiger partial charge in [0.25, 0.3) is 5.91 Å². The largest absolute Gasteiger partial charge is 0.322 e. The van der Waals surface area contributed by atoms with Gasteiger partial charge in [0.15, 0.2) is 0 Å². The lowest BCUT2D eigenvalue weighted by molar-refractivity contribution is 0.102. The molecule has 5 heteroatoms. The molecule has 0 spiro atoms. The SMILES string of the molecule is N#Cc1cccc(NC(=O)c2cccc(SNC3CCCC3)c2)c1. The van der Waals surface area contributed by atoms with Gasteiger partial charge in [0, 0.05) is 22.2 Å². The molecular formula is C19H19N3OS. The summed E-state index contributed by atoms with van der Waals surface area (Å²) in [6, 6.07) is 17.1. The van der Waals surface area contributed by atoms with E-state index in [0.29, 0.717) is 22.9 Å². The molecule has 1 amide bonds. The average molecular weight is 337 g/mol. The standard InChI is InChI=1S/C19H19N3OS/c20-13-14-5-3-9-17(11-14)21-19(23)15-6-4-10-18(12-15)24-22-16-7-1-2-8-16/h3-6,9-12,16,22H,1-2,7-8H2,(H,21,23). The number of carbonyl (C=O) groups excluding carboxylic acids is 1. The maximum Gasteiger partial charge on any atom is 0.255 e. The lowest BCUT2D eigenvalue weighted by Gasteiger charge is -2.11. The number of carbonyl (C=O) groups is 1. The first kappa shape index (κ1) is 16.6. The van der Waals surface area contributed by atoms with Crippen molar-refractivity contribution >= 4 is 23.5 Å². The first-order chi connectivity index (χ1) is 11.7. The van der Waals surface area contributed by atoms with E-state index in [1.54, 1.807) is 42.3 Å². The minimum Gasteiger partial charge on any atom is -0.322 e. The second-order valence-electron chi connectivity index (χ2n) is 5.88. The Bertz CT molecular complexity index is 763. The van der Waals surface area contributed by atoms with Crippen LogP contribution in [0.3, 0.4) is 0 Å². The summed E-state index contributed by atoms with van der Waals surface area (Å²) in [7, 11) is 0. The van der Waals surface area contributed by atoms with Crippen LogP contribution in [0.1, 0.15) is 41.6 Å². The number of benzene rings is 2. The van der Waals surface area contributed by atoms with E-state index in [1.807, 2.05) is 18.2 Å². The van der Waals surface area contributed by atoms with Gasteiger partial charge in [-0.3, -0.25) is 9.52 Å². The van der Waals surface area contributed by atoms with Crippen LogP contribution in [0.25, 0.3) is 0 Å². The minimum atomic E-state index is -0.173. The van der Waals surface area contributed by atoms with Crippen LogP contribution >= 0.6 is 11.9 Å². The Kier molecular flexibility index (Phi) is 5.52. The van der Waals surface area contributed by atoms with Gasteiger partial charge in [0.05, 0.1) is 11.6 Å². The highest BCUT2D eigenvalue weighted by Gasteiger charge is 2.15. The van der Waals surface area contributed by atoms with E-state index in [2.05, 4.69) is 16.1 Å². The fourth-order valence-corrected chi connectivity index (χ4v) is 3.64. The third-order valence-corrected chi connectivity index (χ3v) is 4.99. The number of nitriles is 1. The maximum atomic E-state index is 12.4. The Labute approximate surface area is 146 Å². The molecule has 2 N–H and O–H groups in total. The molecule has 2 aromatic rings. The van der Waals surface area contributed by atoms with Crippen molar-refractivity contribution in [2.75, 3.05) is 5.32 Å². The molecule has 1 aliphatic carbocycles. The van der Waals surface area contributed by atoms with E-state index in [0.717, 1.165) is 4.90 Å². The number of nitrogens with zero attached hydrogens (tertiary/aromatic N) is 1. The molecule has 1 fully saturated rings. The summed E-state index contributed by atoms with van der Waals surface area (Å²) in [5, 5.41) is 11.8. The van der Waals surface area contributed by atoms with Gasteiger partial charge in [-0.15, -0.1) is 0 Å². The van der Waals surface area contributed by atoms with Gasteiger partial charge in [-0.25, -0.2) is 0 Å². The number of hydrogen-bond donors (Lipinski definition) is 2. The van der Waals surface area contributed by atoms with Crippen LogP contribution in [0, 0.1) is 11.3 Å². The monoisotopic (exact) mass is 337 g/mol. The Morgan fingerprint density at radius 1 is 1.12 bits per heavy atom. The van der Waals surface area contributed by atoms with Gasteiger partial charge in [0.2, 0.25) is 0 Å². The van der Waals surface area contributed by atoms with Crippen molar-refractivity contribution in [1.29, 1.82) is 5.26 Å². The molecule has 122 valence electrons. The van der Waals surface area contributed by atoms with Gasteiger partial charge in [-0.1, -0.05) is 25.0 Å². The predicted octanol–water partition coefficient (Wildman–Crippen LogP) is 4.35. The zero-order chi connectivity index (χ0) is 16.8. The van der Waals surface area contributed by atoms with Crippen LogP contribution in [-0.2, 0) is 0 Å². The Morgan fingerprint density at radius 2 is 1.92 bits per heavy atom. The third kappa shape index (κ3) is 4.38. The van der Waals surface area contributed by atoms with Crippen LogP contribution < -0.4 is 10.0 Å². The Hall–Kier alpha value is -2.29. The summed E-state index contributed by atoms with van der Waals surface area (Å²) in [6.45, 7) is 0. The van der Waals surface area contributed by atoms with Crippen molar-refractivity contribution in [3.63, 3.8) is 0 Å². The summed E-state index contributed by atoms with van der Waals surface area (Å²) >= 11 is 1.59. The van der Waals surface area contributed by atoms with E-state index in [1.165, 1.54) is 25.7 Å². The highest BCUT2D eigenvalue weighted by Crippen LogP contribution is 2.24. The first-order valence-electron chi connectivity index (χ1n) is 8.08. The molecule has 0 heterocycles. The summed E-state index contributed by atoms with van der Waals surface area (Å²) in [5.74, 6) is -0.173. The quantitative estimate of drug-likeness (QED) is 0.796. The number of rotatable bonds is 5. The van der Waals surface area contributed by atoms with E-state index in [4.69, 9.17) is 5.26 Å². The van der Waals surface area contributed by atoms with Crippen molar-refractivity contribution in [1.82, 2.24) is 4.72 Å². The molecule has 0 unspecified atom stereocenters. The van der Waals surface area contributed by atoms with Gasteiger partial charge < -0.3 is 5.32 Å². The second kappa shape index (κ2) is 8.00. The number of amides is 1. The lowest BCUT2D eigenvalue weighted by Crippen LogP contribution is -2.18. The molecule has 0 aliphatic heterocycles. The molecule has 24 heavy (non-hydrogen) atoms. The van der Waals surface area contributed by atoms with Crippen LogP contribution in [0.5, 0.6) is 0 Å². The summed E-state index contributed by atoms with van der Waals surface area (Å²) in [6.07, 6.45) is 5.04. The molecule has 1 saturated carbocycles. The molecule has 1 aliphatic rings. The van der Waals surface area contributed by atoms with E-state index < -0.39 is 0 Å². The maximum absolute atomic E-state index is 12.4. The molecule has 0 aromatic heterocycles. The highest BCUT2D eigenvalue weighted by molar-refractivity contribution is 7.97. The van der Waals surface area contributed by atoms with Gasteiger partial charge in [0.1, 0.15) is 0 Å². The normalized spacial score (nSPS) is 14.3. The summed E-state index contributed by atoms with van der Waals surface area (Å²) in [5.41, 5.74) is 1.76. The zero-order valence-corrected chi connectivity index (χ0v) is 14.1. The topological polar surface area (TPSA) is 64.9 Å². The van der Waals surface area contributed by atoms with Gasteiger partial charge in [-0.2, -0.15) is 5.26 Å². The number of nitrogens with one attached hydrogen (secondary N) is 2. The van der Waals surface area contributed by atoms with Crippen molar-refractivity contribution in [2.45, 2.75) is 36.6 Å². The van der Waals surface area contributed by atoms with E-state index in [9.17, 15) is 4.79 Å². The van der Waals surface area contributed by atoms with Crippen molar-refractivity contribution in [2.24, 2.45) is 0 Å². The summed E-state index contributed by atoms with van der Waals surface area (Å²) < 4.78 is 3.48. The van der Waals surface area contributed by atoms with Crippen molar-refractivity contribution in [3.05, 3.63) is 59.7 Å². The van der Waals surface area contributed by atoms with Crippen LogP contribution in [0.15, 0.2) is 53.4 Å². The molecular weight excluding hydrogens is 318 g/mol. The Balaban J connectivity index is 1.64. The van der Waals surface area contributed by atoms with Gasteiger partial charge in [-0.05, 0) is 61.2 Å². The molecule has 0 radical (unpaired) electrons. The molecule has 4 nitrogen and oxygen atoms in total. The number of hydrogen-bond acceptors (Lipinski definition) is 4. The average Bonchev–Trinajstić information content (AvgIpc) is 3.14. The molecule has 2 aromatic carbocycles. The number of anilines is 1. The molecule has 0 saturated heterocycles. The van der Waals surface area contributed by atoms with Crippen LogP contribution in [0.4, 0.5) is 5.69 Å². The fourth-order valence-electron chi connectivity index (χ4n) is 2.77. The second-order valence-corrected chi connectivity index (χ2v) is 6.79. The lowest BCUT2D eigenvalue weighted by atomic mass is 10.2. The zero-order valence-electron chi connectivity index (χ0n) is 13.3. The van der Waals surface area contributed by atoms with Crippen molar-refractivity contribution in [3.8, 4) is 6.07 Å².